The molecular weight excluding hydrogens is 262 g/mol. The highest BCUT2D eigenvalue weighted by Crippen LogP contribution is 2.35. The van der Waals surface area contributed by atoms with Crippen molar-refractivity contribution in [1.82, 2.24) is 0 Å². The van der Waals surface area contributed by atoms with Crippen molar-refractivity contribution in [2.45, 2.75) is 53.1 Å². The van der Waals surface area contributed by atoms with E-state index in [1.54, 1.807) is 0 Å². The van der Waals surface area contributed by atoms with Crippen LogP contribution in [0.5, 0.6) is 0 Å². The Morgan fingerprint density at radius 2 is 1.75 bits per heavy atom. The van der Waals surface area contributed by atoms with Crippen LogP contribution in [0.3, 0.4) is 0 Å². The van der Waals surface area contributed by atoms with Gasteiger partial charge in [-0.3, -0.25) is 4.79 Å². The van der Waals surface area contributed by atoms with Crippen LogP contribution in [0.2, 0.25) is 0 Å². The van der Waals surface area contributed by atoms with Gasteiger partial charge in [0.15, 0.2) is 0 Å². The van der Waals surface area contributed by atoms with Crippen LogP contribution >= 0.6 is 0 Å². The molecule has 0 bridgehead atoms. The third-order valence-corrected chi connectivity index (χ3v) is 3.39. The Labute approximate surface area is 119 Å². The molecule has 116 valence electrons. The molecular formula is C14H25NO5. The number of primary amides is 1. The van der Waals surface area contributed by atoms with Crippen LogP contribution in [0.4, 0.5) is 0 Å². The Bertz CT molecular complexity index is 349. The highest BCUT2D eigenvalue weighted by Gasteiger charge is 2.34. The molecule has 1 fully saturated rings. The van der Waals surface area contributed by atoms with E-state index in [1.165, 1.54) is 6.92 Å². The molecule has 0 aromatic carbocycles. The van der Waals surface area contributed by atoms with E-state index in [2.05, 4.69) is 26.5 Å². The molecule has 0 aromatic heterocycles. The Hall–Kier alpha value is -1.59. The molecule has 1 aliphatic rings. The van der Waals surface area contributed by atoms with Crippen LogP contribution in [0.25, 0.3) is 0 Å². The summed E-state index contributed by atoms with van der Waals surface area (Å²) in [5.74, 6) is -1.74. The fourth-order valence-corrected chi connectivity index (χ4v) is 2.44. The number of amides is 1. The van der Waals surface area contributed by atoms with Gasteiger partial charge in [0.05, 0.1) is 0 Å². The van der Waals surface area contributed by atoms with E-state index in [0.717, 1.165) is 19.3 Å². The van der Waals surface area contributed by atoms with Crippen molar-refractivity contribution in [3.63, 3.8) is 0 Å². The number of hydrogen-bond donors (Lipinski definition) is 2. The third kappa shape index (κ3) is 7.11. The van der Waals surface area contributed by atoms with Crippen molar-refractivity contribution >= 4 is 17.8 Å². The summed E-state index contributed by atoms with van der Waals surface area (Å²) in [7, 11) is 0. The minimum Gasteiger partial charge on any atom is -0.473 e. The quantitative estimate of drug-likeness (QED) is 0.592. The SMILES string of the molecule is CC(N)=O.CC1CCC(C(C)C)C(OC(=O)C(=O)O)C1. The summed E-state index contributed by atoms with van der Waals surface area (Å²) < 4.78 is 5.06. The van der Waals surface area contributed by atoms with Gasteiger partial charge >= 0.3 is 11.9 Å². The fourth-order valence-electron chi connectivity index (χ4n) is 2.44. The molecule has 3 unspecified atom stereocenters. The average Bonchev–Trinajstić information content (AvgIpc) is 2.27. The van der Waals surface area contributed by atoms with Crippen molar-refractivity contribution < 1.29 is 24.2 Å². The van der Waals surface area contributed by atoms with E-state index in [4.69, 9.17) is 9.84 Å². The maximum Gasteiger partial charge on any atom is 0.417 e. The first kappa shape index (κ1) is 18.4. The summed E-state index contributed by atoms with van der Waals surface area (Å²) in [6.45, 7) is 7.59. The van der Waals surface area contributed by atoms with Crippen molar-refractivity contribution in [2.75, 3.05) is 0 Å². The van der Waals surface area contributed by atoms with Crippen molar-refractivity contribution in [3.8, 4) is 0 Å². The van der Waals surface area contributed by atoms with E-state index in [-0.39, 0.29) is 12.0 Å². The van der Waals surface area contributed by atoms with Crippen LogP contribution in [-0.2, 0) is 19.1 Å². The first-order valence-electron chi connectivity index (χ1n) is 6.85. The first-order chi connectivity index (χ1) is 9.15. The highest BCUT2D eigenvalue weighted by molar-refractivity contribution is 6.28. The number of aliphatic carboxylic acids is 1. The second-order valence-corrected chi connectivity index (χ2v) is 5.69. The number of carbonyl (C=O) groups is 3. The minimum atomic E-state index is -1.50. The number of ether oxygens (including phenoxy) is 1. The summed E-state index contributed by atoms with van der Waals surface area (Å²) in [4.78, 5) is 30.7. The standard InChI is InChI=1S/C12H20O4.C2H5NO/c1-7(2)9-5-4-8(3)6-10(9)16-12(15)11(13)14;1-2(3)4/h7-10H,4-6H2,1-3H3,(H,13,14);1H3,(H2,3,4). The number of carboxylic acid groups (broad SMARTS) is 1. The average molecular weight is 287 g/mol. The lowest BCUT2D eigenvalue weighted by Gasteiger charge is -2.36. The lowest BCUT2D eigenvalue weighted by molar-refractivity contribution is -0.171. The zero-order chi connectivity index (χ0) is 15.9. The lowest BCUT2D eigenvalue weighted by atomic mass is 9.75. The largest absolute Gasteiger partial charge is 0.473 e. The molecule has 6 nitrogen and oxygen atoms in total. The normalized spacial score (nSPS) is 25.4. The third-order valence-electron chi connectivity index (χ3n) is 3.39. The Morgan fingerprint density at radius 1 is 1.25 bits per heavy atom. The Kier molecular flexibility index (Phi) is 7.87. The molecule has 1 aliphatic carbocycles. The van der Waals surface area contributed by atoms with Gasteiger partial charge < -0.3 is 15.6 Å². The number of rotatable bonds is 2. The maximum atomic E-state index is 11.1. The Balaban J connectivity index is 0.000000796. The van der Waals surface area contributed by atoms with Crippen molar-refractivity contribution in [2.24, 2.45) is 23.5 Å². The molecule has 0 aliphatic heterocycles. The summed E-state index contributed by atoms with van der Waals surface area (Å²) in [6.07, 6.45) is 2.69. The number of nitrogens with two attached hydrogens (primary N) is 1. The van der Waals surface area contributed by atoms with E-state index < -0.39 is 11.9 Å². The topological polar surface area (TPSA) is 107 Å². The van der Waals surface area contributed by atoms with Gasteiger partial charge in [-0.15, -0.1) is 0 Å². The summed E-state index contributed by atoms with van der Waals surface area (Å²) in [6, 6.07) is 0. The van der Waals surface area contributed by atoms with E-state index in [1.807, 2.05) is 0 Å². The molecule has 0 saturated heterocycles. The fraction of sp³-hybridized carbons (Fsp3) is 0.786. The van der Waals surface area contributed by atoms with Crippen LogP contribution in [0, 0.1) is 17.8 Å². The lowest BCUT2D eigenvalue weighted by Crippen LogP contribution is -2.37. The zero-order valence-corrected chi connectivity index (χ0v) is 12.6. The van der Waals surface area contributed by atoms with Gasteiger partial charge in [0.2, 0.25) is 5.91 Å². The van der Waals surface area contributed by atoms with Crippen molar-refractivity contribution in [3.05, 3.63) is 0 Å². The summed E-state index contributed by atoms with van der Waals surface area (Å²) in [5, 5.41) is 8.53. The number of hydrogen-bond acceptors (Lipinski definition) is 4. The van der Waals surface area contributed by atoms with Crippen molar-refractivity contribution in [1.29, 1.82) is 0 Å². The molecule has 0 spiro atoms. The predicted molar refractivity (Wildman–Crippen MR) is 73.7 cm³/mol. The maximum absolute atomic E-state index is 11.1. The molecule has 6 heteroatoms. The van der Waals surface area contributed by atoms with Gasteiger partial charge in [-0.2, -0.15) is 0 Å². The van der Waals surface area contributed by atoms with Gasteiger partial charge in [-0.25, -0.2) is 9.59 Å². The van der Waals surface area contributed by atoms with E-state index >= 15 is 0 Å². The second kappa shape index (κ2) is 8.55. The van der Waals surface area contributed by atoms with Crippen LogP contribution in [-0.4, -0.2) is 29.1 Å². The number of carboxylic acids is 1. The molecule has 20 heavy (non-hydrogen) atoms. The van der Waals surface area contributed by atoms with Gasteiger partial charge in [-0.05, 0) is 30.6 Å². The van der Waals surface area contributed by atoms with Gasteiger partial charge in [0.25, 0.3) is 0 Å². The molecule has 0 aromatic rings. The van der Waals surface area contributed by atoms with Crippen LogP contribution < -0.4 is 5.73 Å². The zero-order valence-electron chi connectivity index (χ0n) is 12.6. The molecule has 3 N–H and O–H groups in total. The molecule has 0 radical (unpaired) electrons. The summed E-state index contributed by atoms with van der Waals surface area (Å²) in [5.41, 5.74) is 4.47. The predicted octanol–water partition coefficient (Wildman–Crippen LogP) is 1.57. The van der Waals surface area contributed by atoms with Gasteiger partial charge in [-0.1, -0.05) is 27.2 Å². The first-order valence-corrected chi connectivity index (χ1v) is 6.85. The van der Waals surface area contributed by atoms with Crippen LogP contribution in [0.15, 0.2) is 0 Å². The summed E-state index contributed by atoms with van der Waals surface area (Å²) >= 11 is 0. The highest BCUT2D eigenvalue weighted by atomic mass is 16.6. The van der Waals surface area contributed by atoms with Gasteiger partial charge in [0, 0.05) is 6.92 Å². The minimum absolute atomic E-state index is 0.229. The molecule has 3 atom stereocenters. The molecule has 0 heterocycles. The second-order valence-electron chi connectivity index (χ2n) is 5.69. The molecule has 1 rings (SSSR count). The number of carbonyl (C=O) groups excluding carboxylic acids is 2. The Morgan fingerprint density at radius 3 is 2.15 bits per heavy atom. The monoisotopic (exact) mass is 287 g/mol. The molecule has 1 amide bonds. The smallest absolute Gasteiger partial charge is 0.417 e. The van der Waals surface area contributed by atoms with Crippen LogP contribution in [0.1, 0.15) is 47.0 Å². The van der Waals surface area contributed by atoms with Gasteiger partial charge in [0.1, 0.15) is 6.10 Å². The molecule has 1 saturated carbocycles. The van der Waals surface area contributed by atoms with E-state index in [0.29, 0.717) is 17.8 Å². The number of esters is 1. The van der Waals surface area contributed by atoms with E-state index in [9.17, 15) is 14.4 Å².